The Morgan fingerprint density at radius 2 is 1.45 bits per heavy atom. The molecule has 0 saturated heterocycles. The molecule has 1 saturated carbocycles. The fourth-order valence-electron chi connectivity index (χ4n) is 1.26. The van der Waals surface area contributed by atoms with Gasteiger partial charge < -0.3 is 10.2 Å². The molecule has 0 heterocycles. The van der Waals surface area contributed by atoms with Gasteiger partial charge in [-0.3, -0.25) is 9.59 Å². The summed E-state index contributed by atoms with van der Waals surface area (Å²) >= 11 is 0. The minimum absolute atomic E-state index is 0.114. The zero-order valence-electron chi connectivity index (χ0n) is 5.99. The molecule has 62 valence electrons. The Kier molecular flexibility index (Phi) is 2.12. The van der Waals surface area contributed by atoms with Crippen LogP contribution in [0.4, 0.5) is 0 Å². The standard InChI is InChI=1S/C7H10O4/c8-6(9)2-4-1-5(4)3-7(10)11/h4-5H,1-3H2,(H,8,9)(H,10,11). The van der Waals surface area contributed by atoms with Crippen LogP contribution in [0.3, 0.4) is 0 Å². The van der Waals surface area contributed by atoms with E-state index in [-0.39, 0.29) is 24.7 Å². The van der Waals surface area contributed by atoms with Gasteiger partial charge in [-0.05, 0) is 18.3 Å². The van der Waals surface area contributed by atoms with E-state index in [0.29, 0.717) is 0 Å². The van der Waals surface area contributed by atoms with E-state index in [9.17, 15) is 9.59 Å². The lowest BCUT2D eigenvalue weighted by Gasteiger charge is -1.91. The number of carboxylic acid groups (broad SMARTS) is 2. The number of aliphatic carboxylic acids is 2. The third-order valence-corrected chi connectivity index (χ3v) is 1.94. The Morgan fingerprint density at radius 3 is 1.73 bits per heavy atom. The maximum absolute atomic E-state index is 10.1. The van der Waals surface area contributed by atoms with E-state index in [1.165, 1.54) is 0 Å². The third kappa shape index (κ3) is 2.57. The third-order valence-electron chi connectivity index (χ3n) is 1.94. The summed E-state index contributed by atoms with van der Waals surface area (Å²) < 4.78 is 0. The number of hydrogen-bond donors (Lipinski definition) is 2. The van der Waals surface area contributed by atoms with E-state index in [2.05, 4.69) is 0 Å². The predicted molar refractivity (Wildman–Crippen MR) is 36.1 cm³/mol. The van der Waals surface area contributed by atoms with Crippen molar-refractivity contribution in [2.24, 2.45) is 11.8 Å². The number of rotatable bonds is 4. The number of hydrogen-bond acceptors (Lipinski definition) is 2. The van der Waals surface area contributed by atoms with Gasteiger partial charge in [-0.15, -0.1) is 0 Å². The average Bonchev–Trinajstić information content (AvgIpc) is 2.43. The zero-order valence-corrected chi connectivity index (χ0v) is 5.99. The van der Waals surface area contributed by atoms with Crippen LogP contribution in [-0.4, -0.2) is 22.2 Å². The van der Waals surface area contributed by atoms with Gasteiger partial charge in [0.25, 0.3) is 0 Å². The molecule has 1 fully saturated rings. The van der Waals surface area contributed by atoms with Gasteiger partial charge in [0.1, 0.15) is 0 Å². The summed E-state index contributed by atoms with van der Waals surface area (Å²) in [6, 6.07) is 0. The maximum atomic E-state index is 10.1. The van der Waals surface area contributed by atoms with Crippen LogP contribution in [0.5, 0.6) is 0 Å². The maximum Gasteiger partial charge on any atom is 0.303 e. The first-order valence-corrected chi connectivity index (χ1v) is 3.53. The highest BCUT2D eigenvalue weighted by Gasteiger charge is 2.39. The Morgan fingerprint density at radius 1 is 1.09 bits per heavy atom. The second kappa shape index (κ2) is 2.90. The van der Waals surface area contributed by atoms with Gasteiger partial charge in [0.15, 0.2) is 0 Å². The molecule has 1 rings (SSSR count). The van der Waals surface area contributed by atoms with Crippen LogP contribution in [0.2, 0.25) is 0 Å². The van der Waals surface area contributed by atoms with Crippen LogP contribution in [-0.2, 0) is 9.59 Å². The minimum atomic E-state index is -0.831. The Bertz CT molecular complexity index is 167. The lowest BCUT2D eigenvalue weighted by molar-refractivity contribution is -0.139. The Labute approximate surface area is 63.8 Å². The molecule has 0 aromatic carbocycles. The molecule has 0 amide bonds. The van der Waals surface area contributed by atoms with Crippen LogP contribution >= 0.6 is 0 Å². The highest BCUT2D eigenvalue weighted by molar-refractivity contribution is 5.69. The molecule has 1 aliphatic carbocycles. The first-order valence-electron chi connectivity index (χ1n) is 3.53. The summed E-state index contributed by atoms with van der Waals surface area (Å²) in [6.45, 7) is 0. The van der Waals surface area contributed by atoms with E-state index in [1.54, 1.807) is 0 Å². The van der Waals surface area contributed by atoms with E-state index >= 15 is 0 Å². The highest BCUT2D eigenvalue weighted by Crippen LogP contribution is 2.43. The second-order valence-electron chi connectivity index (χ2n) is 2.95. The Balaban J connectivity index is 2.16. The van der Waals surface area contributed by atoms with Crippen molar-refractivity contribution >= 4 is 11.9 Å². The van der Waals surface area contributed by atoms with Crippen molar-refractivity contribution in [1.29, 1.82) is 0 Å². The monoisotopic (exact) mass is 158 g/mol. The molecule has 0 bridgehead atoms. The van der Waals surface area contributed by atoms with Crippen molar-refractivity contribution in [3.8, 4) is 0 Å². The van der Waals surface area contributed by atoms with Crippen LogP contribution in [0.15, 0.2) is 0 Å². The number of carbonyl (C=O) groups is 2. The van der Waals surface area contributed by atoms with Gasteiger partial charge in [0, 0.05) is 12.8 Å². The molecule has 1 aliphatic rings. The number of carboxylic acids is 2. The quantitative estimate of drug-likeness (QED) is 0.627. The van der Waals surface area contributed by atoms with E-state index < -0.39 is 11.9 Å². The van der Waals surface area contributed by atoms with Gasteiger partial charge >= 0.3 is 11.9 Å². The minimum Gasteiger partial charge on any atom is -0.481 e. The summed E-state index contributed by atoms with van der Waals surface area (Å²) in [5.74, 6) is -1.43. The van der Waals surface area contributed by atoms with Gasteiger partial charge in [-0.2, -0.15) is 0 Å². The average molecular weight is 158 g/mol. The van der Waals surface area contributed by atoms with Crippen molar-refractivity contribution in [2.45, 2.75) is 19.3 Å². The molecule has 2 N–H and O–H groups in total. The summed E-state index contributed by atoms with van der Waals surface area (Å²) in [6.07, 6.45) is 1.01. The molecule has 0 aromatic heterocycles. The van der Waals surface area contributed by atoms with Gasteiger partial charge in [0.2, 0.25) is 0 Å². The van der Waals surface area contributed by atoms with E-state index in [0.717, 1.165) is 6.42 Å². The zero-order chi connectivity index (χ0) is 8.43. The van der Waals surface area contributed by atoms with Crippen molar-refractivity contribution in [3.05, 3.63) is 0 Å². The molecule has 4 heteroatoms. The normalized spacial score (nSPS) is 28.0. The fraction of sp³-hybridized carbons (Fsp3) is 0.714. The Hall–Kier alpha value is -1.06. The molecule has 11 heavy (non-hydrogen) atoms. The lowest BCUT2D eigenvalue weighted by Crippen LogP contribution is -2.00. The first-order chi connectivity index (χ1) is 5.09. The van der Waals surface area contributed by atoms with E-state index in [1.807, 2.05) is 0 Å². The summed E-state index contributed by atoms with van der Waals surface area (Å²) in [5.41, 5.74) is 0. The largest absolute Gasteiger partial charge is 0.481 e. The second-order valence-corrected chi connectivity index (χ2v) is 2.95. The topological polar surface area (TPSA) is 74.6 Å². The van der Waals surface area contributed by atoms with Gasteiger partial charge in [0.05, 0.1) is 0 Å². The summed E-state index contributed by atoms with van der Waals surface area (Å²) in [5, 5.41) is 16.7. The molecule has 0 aromatic rings. The van der Waals surface area contributed by atoms with Crippen LogP contribution < -0.4 is 0 Å². The molecular weight excluding hydrogens is 148 g/mol. The summed E-state index contributed by atoms with van der Waals surface area (Å²) in [4.78, 5) is 20.3. The van der Waals surface area contributed by atoms with Crippen molar-refractivity contribution in [2.75, 3.05) is 0 Å². The molecule has 2 unspecified atom stereocenters. The van der Waals surface area contributed by atoms with Crippen LogP contribution in [0, 0.1) is 11.8 Å². The van der Waals surface area contributed by atoms with Gasteiger partial charge in [-0.25, -0.2) is 0 Å². The van der Waals surface area contributed by atoms with Gasteiger partial charge in [-0.1, -0.05) is 0 Å². The predicted octanol–water partition coefficient (Wildman–Crippen LogP) is 0.572. The highest BCUT2D eigenvalue weighted by atomic mass is 16.4. The summed E-state index contributed by atoms with van der Waals surface area (Å²) in [7, 11) is 0. The molecule has 0 aliphatic heterocycles. The van der Waals surface area contributed by atoms with Crippen LogP contribution in [0.1, 0.15) is 19.3 Å². The smallest absolute Gasteiger partial charge is 0.303 e. The van der Waals surface area contributed by atoms with Crippen LogP contribution in [0.25, 0.3) is 0 Å². The first kappa shape index (κ1) is 8.04. The molecule has 0 spiro atoms. The SMILES string of the molecule is O=C(O)CC1CC1CC(=O)O. The van der Waals surface area contributed by atoms with Crippen molar-refractivity contribution < 1.29 is 19.8 Å². The van der Waals surface area contributed by atoms with E-state index in [4.69, 9.17) is 10.2 Å². The van der Waals surface area contributed by atoms with Crippen molar-refractivity contribution in [3.63, 3.8) is 0 Å². The fourth-order valence-corrected chi connectivity index (χ4v) is 1.26. The lowest BCUT2D eigenvalue weighted by atomic mass is 10.2. The molecule has 2 atom stereocenters. The molecule has 0 radical (unpaired) electrons. The molecular formula is C7H10O4. The van der Waals surface area contributed by atoms with Crippen molar-refractivity contribution in [1.82, 2.24) is 0 Å². The molecule has 4 nitrogen and oxygen atoms in total.